The van der Waals surface area contributed by atoms with Gasteiger partial charge in [-0.3, -0.25) is 9.59 Å². The maximum atomic E-state index is 11.1. The molecular weight excluding hydrogens is 158 g/mol. The van der Waals surface area contributed by atoms with Gasteiger partial charge in [0.25, 0.3) is 0 Å². The molecule has 0 unspecified atom stereocenters. The van der Waals surface area contributed by atoms with Gasteiger partial charge in [0.2, 0.25) is 5.91 Å². The molecule has 68 valence electrons. The minimum absolute atomic E-state index is 0.234. The van der Waals surface area contributed by atoms with Crippen LogP contribution in [0.4, 0.5) is 0 Å². The first kappa shape index (κ1) is 9.03. The van der Waals surface area contributed by atoms with Gasteiger partial charge in [0.1, 0.15) is 5.92 Å². The van der Waals surface area contributed by atoms with Crippen LogP contribution in [-0.4, -0.2) is 25.5 Å². The maximum Gasteiger partial charge on any atom is 0.318 e. The first-order valence-electron chi connectivity index (χ1n) is 4.14. The predicted molar refractivity (Wildman–Crippen MR) is 42.4 cm³/mol. The van der Waals surface area contributed by atoms with E-state index in [0.29, 0.717) is 13.0 Å². The third kappa shape index (κ3) is 1.96. The van der Waals surface area contributed by atoms with Crippen LogP contribution in [0.15, 0.2) is 0 Å². The first-order valence-corrected chi connectivity index (χ1v) is 4.14. The standard InChI is InChI=1S/C8H13NO3/c1-9-7(10)6-4-2-3-5-12-8(6)11/h6H,2-5H2,1H3,(H,9,10)/t6-/m1/s1. The van der Waals surface area contributed by atoms with Gasteiger partial charge >= 0.3 is 5.97 Å². The van der Waals surface area contributed by atoms with Crippen molar-refractivity contribution in [3.05, 3.63) is 0 Å². The molecule has 1 amide bonds. The summed E-state index contributed by atoms with van der Waals surface area (Å²) in [6, 6.07) is 0. The zero-order chi connectivity index (χ0) is 8.97. The van der Waals surface area contributed by atoms with Crippen molar-refractivity contribution in [2.75, 3.05) is 13.7 Å². The molecule has 4 heteroatoms. The van der Waals surface area contributed by atoms with Crippen molar-refractivity contribution in [1.29, 1.82) is 0 Å². The molecule has 0 aromatic rings. The van der Waals surface area contributed by atoms with E-state index < -0.39 is 5.92 Å². The summed E-state index contributed by atoms with van der Waals surface area (Å²) in [6.07, 6.45) is 2.35. The largest absolute Gasteiger partial charge is 0.465 e. The van der Waals surface area contributed by atoms with Crippen LogP contribution >= 0.6 is 0 Å². The lowest BCUT2D eigenvalue weighted by molar-refractivity contribution is -0.151. The number of rotatable bonds is 1. The molecule has 0 saturated carbocycles. The number of carbonyl (C=O) groups is 2. The van der Waals surface area contributed by atoms with Crippen LogP contribution in [0.1, 0.15) is 19.3 Å². The average molecular weight is 171 g/mol. The Bertz CT molecular complexity index is 191. The van der Waals surface area contributed by atoms with E-state index in [1.165, 1.54) is 7.05 Å². The number of hydrogen-bond donors (Lipinski definition) is 1. The number of esters is 1. The van der Waals surface area contributed by atoms with Crippen LogP contribution in [0, 0.1) is 5.92 Å². The van der Waals surface area contributed by atoms with Crippen molar-refractivity contribution < 1.29 is 14.3 Å². The van der Waals surface area contributed by atoms with Crippen molar-refractivity contribution in [3.63, 3.8) is 0 Å². The zero-order valence-corrected chi connectivity index (χ0v) is 7.13. The Balaban J connectivity index is 2.59. The van der Waals surface area contributed by atoms with Gasteiger partial charge in [-0.15, -0.1) is 0 Å². The Hall–Kier alpha value is -1.06. The molecule has 0 spiro atoms. The molecule has 1 fully saturated rings. The number of hydrogen-bond acceptors (Lipinski definition) is 3. The molecule has 0 radical (unpaired) electrons. The van der Waals surface area contributed by atoms with Crippen LogP contribution in [0.5, 0.6) is 0 Å². The van der Waals surface area contributed by atoms with Crippen LogP contribution in [0.2, 0.25) is 0 Å². The average Bonchev–Trinajstić information content (AvgIpc) is 2.28. The highest BCUT2D eigenvalue weighted by Crippen LogP contribution is 2.15. The Kier molecular flexibility index (Phi) is 3.08. The van der Waals surface area contributed by atoms with Gasteiger partial charge in [-0.1, -0.05) is 0 Å². The highest BCUT2D eigenvalue weighted by molar-refractivity contribution is 5.97. The number of cyclic esters (lactones) is 1. The molecule has 0 aromatic heterocycles. The first-order chi connectivity index (χ1) is 5.75. The molecule has 0 bridgehead atoms. The molecular formula is C8H13NO3. The van der Waals surface area contributed by atoms with E-state index in [4.69, 9.17) is 4.74 Å². The number of amides is 1. The highest BCUT2D eigenvalue weighted by Gasteiger charge is 2.28. The summed E-state index contributed by atoms with van der Waals surface area (Å²) < 4.78 is 4.84. The summed E-state index contributed by atoms with van der Waals surface area (Å²) in [4.78, 5) is 22.2. The monoisotopic (exact) mass is 171 g/mol. The van der Waals surface area contributed by atoms with E-state index in [2.05, 4.69) is 5.32 Å². The smallest absolute Gasteiger partial charge is 0.318 e. The Morgan fingerprint density at radius 3 is 3.00 bits per heavy atom. The Morgan fingerprint density at radius 2 is 2.33 bits per heavy atom. The lowest BCUT2D eigenvalue weighted by Crippen LogP contribution is -2.33. The van der Waals surface area contributed by atoms with Gasteiger partial charge in [0, 0.05) is 7.05 Å². The Morgan fingerprint density at radius 1 is 1.58 bits per heavy atom. The van der Waals surface area contributed by atoms with Crippen molar-refractivity contribution in [2.24, 2.45) is 5.92 Å². The summed E-state index contributed by atoms with van der Waals surface area (Å²) in [7, 11) is 1.53. The quantitative estimate of drug-likeness (QED) is 0.449. The third-order valence-corrected chi connectivity index (χ3v) is 1.98. The molecule has 12 heavy (non-hydrogen) atoms. The van der Waals surface area contributed by atoms with Crippen LogP contribution in [0.3, 0.4) is 0 Å². The number of carbonyl (C=O) groups excluding carboxylic acids is 2. The minimum Gasteiger partial charge on any atom is -0.465 e. The van der Waals surface area contributed by atoms with Crippen LogP contribution in [-0.2, 0) is 14.3 Å². The fraction of sp³-hybridized carbons (Fsp3) is 0.750. The van der Waals surface area contributed by atoms with E-state index in [1.807, 2.05) is 0 Å². The number of ether oxygens (including phenoxy) is 1. The SMILES string of the molecule is CNC(=O)[C@H]1CCCCOC1=O. The van der Waals surface area contributed by atoms with Gasteiger partial charge in [-0.25, -0.2) is 0 Å². The molecule has 0 aromatic carbocycles. The van der Waals surface area contributed by atoms with E-state index >= 15 is 0 Å². The third-order valence-electron chi connectivity index (χ3n) is 1.98. The summed E-state index contributed by atoms with van der Waals surface area (Å²) in [5.74, 6) is -1.20. The minimum atomic E-state index is -0.586. The number of nitrogens with one attached hydrogen (secondary N) is 1. The molecule has 1 heterocycles. The summed E-state index contributed by atoms with van der Waals surface area (Å²) in [5.41, 5.74) is 0. The van der Waals surface area contributed by atoms with E-state index in [9.17, 15) is 9.59 Å². The van der Waals surface area contributed by atoms with Gasteiger partial charge in [-0.2, -0.15) is 0 Å². The van der Waals surface area contributed by atoms with E-state index in [0.717, 1.165) is 12.8 Å². The van der Waals surface area contributed by atoms with Crippen molar-refractivity contribution in [1.82, 2.24) is 5.32 Å². The van der Waals surface area contributed by atoms with Crippen LogP contribution < -0.4 is 5.32 Å². The fourth-order valence-electron chi connectivity index (χ4n) is 1.25. The molecule has 1 aliphatic rings. The second-order valence-electron chi connectivity index (χ2n) is 2.83. The second kappa shape index (κ2) is 4.09. The molecule has 1 rings (SSSR count). The van der Waals surface area contributed by atoms with Crippen molar-refractivity contribution in [2.45, 2.75) is 19.3 Å². The topological polar surface area (TPSA) is 55.4 Å². The van der Waals surface area contributed by atoms with Crippen molar-refractivity contribution >= 4 is 11.9 Å². The summed E-state index contributed by atoms with van der Waals surface area (Å²) in [6.45, 7) is 0.451. The maximum absolute atomic E-state index is 11.1. The Labute approximate surface area is 71.3 Å². The van der Waals surface area contributed by atoms with Gasteiger partial charge < -0.3 is 10.1 Å². The zero-order valence-electron chi connectivity index (χ0n) is 7.13. The predicted octanol–water partition coefficient (Wildman–Crippen LogP) is 0.0757. The van der Waals surface area contributed by atoms with E-state index in [1.54, 1.807) is 0 Å². The molecule has 4 nitrogen and oxygen atoms in total. The van der Waals surface area contributed by atoms with Gasteiger partial charge in [-0.05, 0) is 19.3 Å². The van der Waals surface area contributed by atoms with Gasteiger partial charge in [0.05, 0.1) is 6.61 Å². The molecule has 0 aliphatic carbocycles. The molecule has 1 saturated heterocycles. The normalized spacial score (nSPS) is 24.1. The molecule has 1 atom stereocenters. The van der Waals surface area contributed by atoms with E-state index in [-0.39, 0.29) is 11.9 Å². The van der Waals surface area contributed by atoms with Crippen LogP contribution in [0.25, 0.3) is 0 Å². The fourth-order valence-corrected chi connectivity index (χ4v) is 1.25. The molecule has 1 N–H and O–H groups in total. The highest BCUT2D eigenvalue weighted by atomic mass is 16.5. The lowest BCUT2D eigenvalue weighted by Gasteiger charge is -2.09. The van der Waals surface area contributed by atoms with Gasteiger partial charge in [0.15, 0.2) is 0 Å². The van der Waals surface area contributed by atoms with Crippen molar-refractivity contribution in [3.8, 4) is 0 Å². The molecule has 1 aliphatic heterocycles. The summed E-state index contributed by atoms with van der Waals surface area (Å²) >= 11 is 0. The second-order valence-corrected chi connectivity index (χ2v) is 2.83. The summed E-state index contributed by atoms with van der Waals surface area (Å²) in [5, 5.41) is 2.45. The lowest BCUT2D eigenvalue weighted by atomic mass is 10.0.